The fraction of sp³-hybridized carbons (Fsp3) is 0.196. The van der Waals surface area contributed by atoms with Gasteiger partial charge in [0.1, 0.15) is 38.9 Å². The summed E-state index contributed by atoms with van der Waals surface area (Å²) in [5.74, 6) is -0.464. The van der Waals surface area contributed by atoms with Gasteiger partial charge in [-0.3, -0.25) is 58.3 Å². The molecule has 6 aromatic heterocycles. The van der Waals surface area contributed by atoms with E-state index in [4.69, 9.17) is 25.3 Å². The molecule has 0 saturated carbocycles. The van der Waals surface area contributed by atoms with Crippen molar-refractivity contribution in [3.63, 3.8) is 0 Å². The Labute approximate surface area is 783 Å². The van der Waals surface area contributed by atoms with E-state index in [-0.39, 0.29) is 95.7 Å². The number of ether oxygens (including phenoxy) is 2. The molecule has 2 N–H and O–H groups in total. The number of hydrogen-bond acceptors (Lipinski definition) is 15. The number of unbranched alkanes of at least 4 members (excludes halogenated alkanes) is 1. The summed E-state index contributed by atoms with van der Waals surface area (Å²) in [6.45, 7) is 30.0. The molecule has 654 valence electrons. The van der Waals surface area contributed by atoms with Crippen LogP contribution >= 0.6 is 48.9 Å². The first kappa shape index (κ1) is 104. The quantitative estimate of drug-likeness (QED) is 0.0103. The van der Waals surface area contributed by atoms with Gasteiger partial charge in [0, 0.05) is 130 Å². The van der Waals surface area contributed by atoms with Crippen molar-refractivity contribution in [1.82, 2.24) is 39.1 Å². The van der Waals surface area contributed by atoms with Gasteiger partial charge in [-0.2, -0.15) is 6.42 Å². The fourth-order valence-corrected chi connectivity index (χ4v) is 13.6. The van der Waals surface area contributed by atoms with E-state index < -0.39 is 15.3 Å². The number of nitrogens with zero attached hydrogens (tertiary/aromatic N) is 9. The Morgan fingerprint density at radius 3 is 1.35 bits per heavy atom. The van der Waals surface area contributed by atoms with Crippen LogP contribution in [0.2, 0.25) is 0 Å². The van der Waals surface area contributed by atoms with Crippen molar-refractivity contribution in [3.05, 3.63) is 472 Å². The smallest absolute Gasteiger partial charge is 0.482 e. The SMILES string of the molecule is C=CCCc1ccncc1Br.C=CCCc1ccncc1C(Cl)c1ccccc1.C=CCCc1ccncc1C(O)c1ccccc1.C=CCCc1ccncc1C(c1ccccc1)N1CN(CC=C)C(=O)c2c(OCc3ccccc3)c(=O)ccn21.C=CCN1CNn2ccc(=O)c(OCc3ccccc3)c2C1=O.O=Cc1ccccc1.O=S(Cl)Cl.[CH2-]CCC.[Li+]. The zero-order chi connectivity index (χ0) is 90.6. The molecular weight excluding hydrogens is 1730 g/mol. The summed E-state index contributed by atoms with van der Waals surface area (Å²) in [4.78, 5) is 81.7. The number of pyridine rings is 6. The summed E-state index contributed by atoms with van der Waals surface area (Å²) >= 11 is 9.98. The minimum absolute atomic E-state index is 0. The molecule has 6 aromatic carbocycles. The summed E-state index contributed by atoms with van der Waals surface area (Å²) < 4.78 is 25.2. The predicted octanol–water partition coefficient (Wildman–Crippen LogP) is 18.8. The Morgan fingerprint density at radius 1 is 0.512 bits per heavy atom. The molecule has 0 aliphatic carbocycles. The maximum Gasteiger partial charge on any atom is 1.00 e. The summed E-state index contributed by atoms with van der Waals surface area (Å²) in [6, 6.07) is 68.6. The summed E-state index contributed by atoms with van der Waals surface area (Å²) in [5, 5.41) is 12.3. The number of aromatic nitrogens is 6. The zero-order valence-electron chi connectivity index (χ0n) is 71.8. The minimum atomic E-state index is -1.67. The molecule has 2 aliphatic rings. The molecule has 8 heterocycles. The summed E-state index contributed by atoms with van der Waals surface area (Å²) in [5.41, 5.74) is 16.1. The number of allylic oxidation sites excluding steroid dienone is 4. The van der Waals surface area contributed by atoms with Gasteiger partial charge in [-0.15, -0.1) is 51.1 Å². The van der Waals surface area contributed by atoms with Crippen molar-refractivity contribution in [2.45, 2.75) is 102 Å². The van der Waals surface area contributed by atoms with Gasteiger partial charge < -0.3 is 36.7 Å². The fourth-order valence-electron chi connectivity index (χ4n) is 12.8. The van der Waals surface area contributed by atoms with Crippen molar-refractivity contribution in [1.29, 1.82) is 0 Å². The first-order chi connectivity index (χ1) is 61.4. The maximum atomic E-state index is 13.8. The van der Waals surface area contributed by atoms with Crippen molar-refractivity contribution in [2.24, 2.45) is 0 Å². The third-order valence-electron chi connectivity index (χ3n) is 19.2. The van der Waals surface area contributed by atoms with Gasteiger partial charge in [0.05, 0.1) is 11.4 Å². The molecule has 0 saturated heterocycles. The van der Waals surface area contributed by atoms with Crippen LogP contribution in [0.3, 0.4) is 0 Å². The van der Waals surface area contributed by atoms with Gasteiger partial charge in [-0.1, -0.05) is 232 Å². The third-order valence-corrected chi connectivity index (χ3v) is 20.4. The van der Waals surface area contributed by atoms with Crippen LogP contribution in [0.25, 0.3) is 0 Å². The number of nitrogens with one attached hydrogen (secondary N) is 1. The number of aryl methyl sites for hydroxylation is 4. The molecular formula is C102H107BrCl3LiN10O9S. The van der Waals surface area contributed by atoms with Gasteiger partial charge in [0.25, 0.3) is 11.8 Å². The normalized spacial score (nSPS) is 11.9. The van der Waals surface area contributed by atoms with Crippen molar-refractivity contribution < 1.29 is 52.0 Å². The third kappa shape index (κ3) is 33.8. The molecule has 14 rings (SSSR count). The number of aldehydes is 1. The molecule has 19 nitrogen and oxygen atoms in total. The van der Waals surface area contributed by atoms with Crippen LogP contribution in [0.1, 0.15) is 161 Å². The Balaban J connectivity index is 0.000000246. The van der Waals surface area contributed by atoms with Crippen molar-refractivity contribution in [3.8, 4) is 11.5 Å². The molecule has 3 unspecified atom stereocenters. The number of aliphatic hydroxyl groups is 1. The van der Waals surface area contributed by atoms with Crippen LogP contribution in [0.5, 0.6) is 11.5 Å². The van der Waals surface area contributed by atoms with E-state index in [2.05, 4.69) is 133 Å². The molecule has 0 fully saturated rings. The number of carbonyl (C=O) groups is 3. The number of benzene rings is 6. The van der Waals surface area contributed by atoms with Crippen LogP contribution in [0.15, 0.2) is 370 Å². The van der Waals surface area contributed by atoms with Crippen molar-refractivity contribution >= 4 is 76.2 Å². The Kier molecular flexibility index (Phi) is 48.4. The molecule has 12 aromatic rings. The number of hydrogen-bond donors (Lipinski definition) is 2. The number of aliphatic hydroxyl groups excluding tert-OH is 1. The second-order valence-corrected chi connectivity index (χ2v) is 31.8. The van der Waals surface area contributed by atoms with Gasteiger partial charge in [0.15, 0.2) is 22.9 Å². The zero-order valence-corrected chi connectivity index (χ0v) is 76.4. The monoisotopic (exact) mass is 1840 g/mol. The molecule has 25 heteroatoms. The molecule has 3 atom stereocenters. The minimum Gasteiger partial charge on any atom is -0.482 e. The Hall–Kier alpha value is -11.9. The Morgan fingerprint density at radius 2 is 0.898 bits per heavy atom. The van der Waals surface area contributed by atoms with E-state index in [9.17, 15) is 29.1 Å². The number of alkyl halides is 1. The molecule has 127 heavy (non-hydrogen) atoms. The summed E-state index contributed by atoms with van der Waals surface area (Å²) in [7, 11) is 7.36. The molecule has 0 spiro atoms. The van der Waals surface area contributed by atoms with Crippen LogP contribution in [0, 0.1) is 6.92 Å². The first-order valence-corrected chi connectivity index (χ1v) is 44.9. The second kappa shape index (κ2) is 59.2. The van der Waals surface area contributed by atoms with Gasteiger partial charge in [-0.25, -0.2) is 4.21 Å². The average molecular weight is 1840 g/mol. The number of carbonyl (C=O) groups excluding carboxylic acids is 3. The second-order valence-electron chi connectivity index (χ2n) is 28.0. The van der Waals surface area contributed by atoms with E-state index >= 15 is 0 Å². The van der Waals surface area contributed by atoms with Gasteiger partial charge >= 0.3 is 18.9 Å². The first-order valence-electron chi connectivity index (χ1n) is 40.9. The molecule has 0 bridgehead atoms. The molecule has 0 radical (unpaired) electrons. The van der Waals surface area contributed by atoms with E-state index in [0.29, 0.717) is 19.8 Å². The standard InChI is InChI=1S/C33H32N4O3.C17H17N3O3.C16H16ClN.C16H17NO.C9H10BrN.C7H6O.C4H9.Cl2OS.Li/c1-3-5-14-26-17-19-34-22-28(26)30(27-15-10-7-11-16-27)37-24-35(20-4-2)33(39)31-32(29(38)18-21-36(31)37)40-23-25-12-8-6-9-13-25;1-2-9-19-12-18-20-10-8-14(21)16(15(20)17(19)22)23-11-13-6-4-3-5-7-13;1-2-3-7-13-10-11-18-12-15(13)16(17)14-8-5-4-6-9-14;1-2-3-7-13-10-11-17-12-15(13)16(18)14-8-5-4-6-9-14;1-2-3-4-8-5-6-11-7-9(8)10;8-6-7-4-2-1-3-5-7;1-3-4-2;1-4(2)3;/h3-4,6-13,15-19,21-22,30H,1-2,5,14,20,23-24H2;2-8,10,18H,1,9,11-12H2;2,4-6,8-12,16H,1,3,7H2;2,4-6,8-12,16,18H,1,3,7H2;2,5-7H,1,3-4H2;1-6H;1,3-4H2,2H3;;/q;;;;;;-1;;+1. The topological polar surface area (TPSA) is 224 Å². The van der Waals surface area contributed by atoms with Crippen molar-refractivity contribution in [2.75, 3.05) is 36.9 Å². The van der Waals surface area contributed by atoms with E-state index in [0.717, 1.165) is 130 Å². The average Bonchev–Trinajstić information content (AvgIpc) is 0.746. The maximum absolute atomic E-state index is 13.8. The van der Waals surface area contributed by atoms with Gasteiger partial charge in [-0.05, 0) is 147 Å². The van der Waals surface area contributed by atoms with Crippen LogP contribution in [-0.2, 0) is 48.1 Å². The van der Waals surface area contributed by atoms with Gasteiger partial charge in [0.2, 0.25) is 20.1 Å². The number of amides is 2. The van der Waals surface area contributed by atoms with Crippen LogP contribution < -0.4 is 49.6 Å². The van der Waals surface area contributed by atoms with E-state index in [1.54, 1.807) is 63.5 Å². The van der Waals surface area contributed by atoms with Crippen LogP contribution in [-0.4, -0.2) is 92.9 Å². The number of rotatable bonds is 31. The number of fused-ring (bicyclic) bond motifs is 2. The van der Waals surface area contributed by atoms with Crippen LogP contribution in [0.4, 0.5) is 0 Å². The largest absolute Gasteiger partial charge is 1.00 e. The predicted molar refractivity (Wildman–Crippen MR) is 516 cm³/mol. The van der Waals surface area contributed by atoms with E-state index in [1.807, 2.05) is 237 Å². The summed E-state index contributed by atoms with van der Waals surface area (Å²) in [6.07, 6.45) is 38.5. The molecule has 2 amide bonds. The Bertz CT molecular complexity index is 5420. The number of halogens is 4. The molecule has 2 aliphatic heterocycles. The van der Waals surface area contributed by atoms with E-state index in [1.165, 1.54) is 40.6 Å².